The molecule has 0 atom stereocenters. The molecule has 0 fully saturated rings. The number of nitrogens with zero attached hydrogens (tertiary/aromatic N) is 2. The van der Waals surface area contributed by atoms with Gasteiger partial charge in [0.2, 0.25) is 0 Å². The highest BCUT2D eigenvalue weighted by molar-refractivity contribution is 5.81. The second-order valence-corrected chi connectivity index (χ2v) is 3.09. The monoisotopic (exact) mass is 220 g/mol. The van der Waals surface area contributed by atoms with Crippen LogP contribution in [0.4, 0.5) is 4.79 Å². The number of benzene rings is 1. The van der Waals surface area contributed by atoms with Gasteiger partial charge in [-0.15, -0.1) is 0 Å². The van der Waals surface area contributed by atoms with Gasteiger partial charge in [-0.3, -0.25) is 4.79 Å². The summed E-state index contributed by atoms with van der Waals surface area (Å²) in [6.45, 7) is 0. The van der Waals surface area contributed by atoms with E-state index < -0.39 is 11.7 Å². The summed E-state index contributed by atoms with van der Waals surface area (Å²) in [5.74, 6) is 0.481. The van der Waals surface area contributed by atoms with E-state index >= 15 is 0 Å². The molecule has 1 heterocycles. The molecule has 16 heavy (non-hydrogen) atoms. The van der Waals surface area contributed by atoms with Crippen LogP contribution in [0.5, 0.6) is 5.75 Å². The van der Waals surface area contributed by atoms with Crippen LogP contribution in [0.3, 0.4) is 0 Å². The second kappa shape index (κ2) is 3.65. The fourth-order valence-corrected chi connectivity index (χ4v) is 1.36. The van der Waals surface area contributed by atoms with Crippen molar-refractivity contribution in [2.45, 2.75) is 0 Å². The first-order valence-electron chi connectivity index (χ1n) is 4.42. The van der Waals surface area contributed by atoms with E-state index in [1.807, 2.05) is 0 Å². The molecular formula is C10H8N2O4. The van der Waals surface area contributed by atoms with Gasteiger partial charge in [0, 0.05) is 0 Å². The molecule has 0 unspecified atom stereocenters. The Morgan fingerprint density at radius 1 is 1.50 bits per heavy atom. The number of carboxylic acid groups (broad SMARTS) is 1. The Balaban J connectivity index is 2.81. The highest BCUT2D eigenvalue weighted by Gasteiger charge is 2.09. The molecule has 0 bridgehead atoms. The van der Waals surface area contributed by atoms with Crippen LogP contribution in [-0.2, 0) is 0 Å². The first kappa shape index (κ1) is 10.2. The average molecular weight is 220 g/mol. The smallest absolute Gasteiger partial charge is 0.419 e. The van der Waals surface area contributed by atoms with Gasteiger partial charge < -0.3 is 9.84 Å². The zero-order valence-corrected chi connectivity index (χ0v) is 8.38. The lowest BCUT2D eigenvalue weighted by atomic mass is 10.2. The molecule has 0 radical (unpaired) electrons. The Hall–Kier alpha value is -2.37. The normalized spacial score (nSPS) is 10.3. The molecule has 1 N–H and O–H groups in total. The van der Waals surface area contributed by atoms with E-state index in [9.17, 15) is 9.59 Å². The SMILES string of the molecule is COc1ccc2ncn(C(=O)O)c(=O)c2c1. The predicted molar refractivity (Wildman–Crippen MR) is 56.0 cm³/mol. The molecule has 0 saturated heterocycles. The van der Waals surface area contributed by atoms with Gasteiger partial charge in [0.25, 0.3) is 5.56 Å². The molecule has 0 aliphatic heterocycles. The van der Waals surface area contributed by atoms with Crippen LogP contribution < -0.4 is 10.3 Å². The summed E-state index contributed by atoms with van der Waals surface area (Å²) in [5.41, 5.74) is -0.195. The molecule has 6 heteroatoms. The zero-order valence-electron chi connectivity index (χ0n) is 8.38. The summed E-state index contributed by atoms with van der Waals surface area (Å²) >= 11 is 0. The lowest BCUT2D eigenvalue weighted by molar-refractivity contribution is 0.195. The Morgan fingerprint density at radius 3 is 2.88 bits per heavy atom. The summed E-state index contributed by atoms with van der Waals surface area (Å²) in [6.07, 6.45) is -0.373. The lowest BCUT2D eigenvalue weighted by Gasteiger charge is -2.03. The van der Waals surface area contributed by atoms with Crippen LogP contribution in [0.15, 0.2) is 29.3 Å². The molecule has 6 nitrogen and oxygen atoms in total. The van der Waals surface area contributed by atoms with E-state index in [1.54, 1.807) is 12.1 Å². The van der Waals surface area contributed by atoms with E-state index in [4.69, 9.17) is 9.84 Å². The van der Waals surface area contributed by atoms with Crippen LogP contribution in [0, 0.1) is 0 Å². The Kier molecular flexibility index (Phi) is 2.32. The highest BCUT2D eigenvalue weighted by Crippen LogP contribution is 2.15. The number of methoxy groups -OCH3 is 1. The van der Waals surface area contributed by atoms with Crippen molar-refractivity contribution in [3.05, 3.63) is 34.9 Å². The van der Waals surface area contributed by atoms with Crippen LogP contribution >= 0.6 is 0 Å². The van der Waals surface area contributed by atoms with Crippen LogP contribution in [0.25, 0.3) is 10.9 Å². The summed E-state index contributed by atoms with van der Waals surface area (Å²) in [7, 11) is 1.47. The van der Waals surface area contributed by atoms with Gasteiger partial charge >= 0.3 is 6.09 Å². The molecule has 82 valence electrons. The molecule has 0 aliphatic rings. The molecule has 1 aromatic carbocycles. The van der Waals surface area contributed by atoms with Gasteiger partial charge in [-0.2, -0.15) is 0 Å². The highest BCUT2D eigenvalue weighted by atomic mass is 16.5. The van der Waals surface area contributed by atoms with Gasteiger partial charge in [-0.25, -0.2) is 14.3 Å². The van der Waals surface area contributed by atoms with Crippen molar-refractivity contribution in [3.8, 4) is 5.75 Å². The zero-order chi connectivity index (χ0) is 11.7. The summed E-state index contributed by atoms with van der Waals surface area (Å²) in [6, 6.07) is 4.71. The first-order chi connectivity index (χ1) is 7.63. The van der Waals surface area contributed by atoms with E-state index in [2.05, 4.69) is 4.98 Å². The number of ether oxygens (including phenoxy) is 1. The fraction of sp³-hybridized carbons (Fsp3) is 0.100. The van der Waals surface area contributed by atoms with Crippen LogP contribution in [-0.4, -0.2) is 27.9 Å². The molecule has 0 aliphatic carbocycles. The molecule has 0 spiro atoms. The van der Waals surface area contributed by atoms with Crippen LogP contribution in [0.2, 0.25) is 0 Å². The van der Waals surface area contributed by atoms with Crippen molar-refractivity contribution < 1.29 is 14.6 Å². The molecule has 1 aromatic heterocycles. The van der Waals surface area contributed by atoms with Crippen molar-refractivity contribution in [2.24, 2.45) is 0 Å². The Labute approximate surface area is 89.7 Å². The molecule has 0 saturated carbocycles. The number of fused-ring (bicyclic) bond motifs is 1. The van der Waals surface area contributed by atoms with Gasteiger partial charge in [-0.1, -0.05) is 0 Å². The van der Waals surface area contributed by atoms with E-state index in [0.29, 0.717) is 15.8 Å². The fourth-order valence-electron chi connectivity index (χ4n) is 1.36. The summed E-state index contributed by atoms with van der Waals surface area (Å²) in [5, 5.41) is 8.96. The average Bonchev–Trinajstić information content (AvgIpc) is 2.28. The van der Waals surface area contributed by atoms with Gasteiger partial charge in [0.1, 0.15) is 12.1 Å². The van der Waals surface area contributed by atoms with Crippen LogP contribution in [0.1, 0.15) is 0 Å². The maximum absolute atomic E-state index is 11.7. The summed E-state index contributed by atoms with van der Waals surface area (Å²) < 4.78 is 5.48. The molecule has 0 amide bonds. The minimum Gasteiger partial charge on any atom is -0.497 e. The first-order valence-corrected chi connectivity index (χ1v) is 4.42. The minimum absolute atomic E-state index is 0.212. The van der Waals surface area contributed by atoms with Gasteiger partial charge in [0.15, 0.2) is 0 Å². The quantitative estimate of drug-likeness (QED) is 0.773. The number of hydrogen-bond donors (Lipinski definition) is 1. The van der Waals surface area contributed by atoms with E-state index in [1.165, 1.54) is 13.2 Å². The largest absolute Gasteiger partial charge is 0.497 e. The topological polar surface area (TPSA) is 81.4 Å². The standard InChI is InChI=1S/C10H8N2O4/c1-16-6-2-3-8-7(4-6)9(13)12(5-11-8)10(14)15/h2-5H,1H3,(H,14,15). The van der Waals surface area contributed by atoms with Gasteiger partial charge in [0.05, 0.1) is 18.0 Å². The van der Waals surface area contributed by atoms with Crippen molar-refractivity contribution >= 4 is 17.0 Å². The van der Waals surface area contributed by atoms with E-state index in [-0.39, 0.29) is 5.39 Å². The maximum atomic E-state index is 11.7. The Bertz CT molecular complexity index is 618. The third kappa shape index (κ3) is 1.50. The minimum atomic E-state index is -1.36. The van der Waals surface area contributed by atoms with Crippen molar-refractivity contribution in [1.29, 1.82) is 0 Å². The number of carbonyl (C=O) groups is 1. The Morgan fingerprint density at radius 2 is 2.25 bits per heavy atom. The van der Waals surface area contributed by atoms with Crippen molar-refractivity contribution in [2.75, 3.05) is 7.11 Å². The van der Waals surface area contributed by atoms with Crippen molar-refractivity contribution in [3.63, 3.8) is 0 Å². The third-order valence-electron chi connectivity index (χ3n) is 2.17. The second-order valence-electron chi connectivity index (χ2n) is 3.09. The third-order valence-corrected chi connectivity index (χ3v) is 2.17. The predicted octanol–water partition coefficient (Wildman–Crippen LogP) is 0.931. The maximum Gasteiger partial charge on any atom is 0.419 e. The molecule has 2 aromatic rings. The number of hydrogen-bond acceptors (Lipinski definition) is 4. The van der Waals surface area contributed by atoms with Crippen molar-refractivity contribution in [1.82, 2.24) is 9.55 Å². The lowest BCUT2D eigenvalue weighted by Crippen LogP contribution is -2.25. The van der Waals surface area contributed by atoms with Gasteiger partial charge in [-0.05, 0) is 18.2 Å². The summed E-state index contributed by atoms with van der Waals surface area (Å²) in [4.78, 5) is 26.3. The number of rotatable bonds is 1. The number of aromatic nitrogens is 2. The molecule has 2 rings (SSSR count). The van der Waals surface area contributed by atoms with E-state index in [0.717, 1.165) is 6.33 Å². The molecular weight excluding hydrogens is 212 g/mol.